The first-order valence-corrected chi connectivity index (χ1v) is 10.3. The molecule has 3 aliphatic rings. The zero-order valence-electron chi connectivity index (χ0n) is 15.8. The number of hydrogen-bond donors (Lipinski definition) is 1. The summed E-state index contributed by atoms with van der Waals surface area (Å²) in [5.74, 6) is 0. The van der Waals surface area contributed by atoms with Gasteiger partial charge in [-0.15, -0.1) is 0 Å². The minimum atomic E-state index is 0.570. The molecule has 1 atom stereocenters. The molecule has 4 rings (SSSR count). The highest BCUT2D eigenvalue weighted by Gasteiger charge is 2.40. The molecule has 3 fully saturated rings. The molecule has 3 saturated heterocycles. The molecule has 4 heteroatoms. The predicted octanol–water partition coefficient (Wildman–Crippen LogP) is 2.40. The van der Waals surface area contributed by atoms with Crippen molar-refractivity contribution < 1.29 is 0 Å². The van der Waals surface area contributed by atoms with E-state index in [1.165, 1.54) is 89.4 Å². The fourth-order valence-electron chi connectivity index (χ4n) is 5.03. The molecule has 1 aromatic rings. The van der Waals surface area contributed by atoms with Crippen LogP contribution in [0.15, 0.2) is 24.3 Å². The van der Waals surface area contributed by atoms with Crippen LogP contribution in [-0.4, -0.2) is 68.7 Å². The molecule has 0 amide bonds. The number of anilines is 1. The quantitative estimate of drug-likeness (QED) is 0.887. The van der Waals surface area contributed by atoms with Gasteiger partial charge in [-0.05, 0) is 55.9 Å². The van der Waals surface area contributed by atoms with Gasteiger partial charge in [-0.1, -0.05) is 25.1 Å². The van der Waals surface area contributed by atoms with Gasteiger partial charge in [-0.25, -0.2) is 0 Å². The van der Waals surface area contributed by atoms with Gasteiger partial charge in [0.2, 0.25) is 0 Å². The Hall–Kier alpha value is -1.10. The smallest absolute Gasteiger partial charge is 0.0412 e. The predicted molar refractivity (Wildman–Crippen MR) is 105 cm³/mol. The third kappa shape index (κ3) is 3.86. The second-order valence-electron chi connectivity index (χ2n) is 8.34. The first-order chi connectivity index (χ1) is 12.3. The molecule has 3 aliphatic heterocycles. The van der Waals surface area contributed by atoms with Crippen LogP contribution in [0.1, 0.15) is 31.7 Å². The standard InChI is InChI=1S/C21H34N4/c1-2-10-23-12-14-25(15-13-23)20-6-4-3-5-19(20)16-24-11-8-21(18-24)7-9-22-17-21/h3-6,22H,2,7-18H2,1H3. The van der Waals surface area contributed by atoms with Crippen molar-refractivity contribution in [2.75, 3.05) is 63.8 Å². The molecule has 1 spiro atoms. The van der Waals surface area contributed by atoms with Crippen LogP contribution in [-0.2, 0) is 6.54 Å². The Morgan fingerprint density at radius 2 is 1.84 bits per heavy atom. The maximum atomic E-state index is 3.58. The fraction of sp³-hybridized carbons (Fsp3) is 0.714. The molecule has 0 aliphatic carbocycles. The fourth-order valence-corrected chi connectivity index (χ4v) is 5.03. The summed E-state index contributed by atoms with van der Waals surface area (Å²) in [6.07, 6.45) is 4.00. The monoisotopic (exact) mass is 342 g/mol. The zero-order valence-corrected chi connectivity index (χ0v) is 15.8. The van der Waals surface area contributed by atoms with Crippen LogP contribution < -0.4 is 10.2 Å². The van der Waals surface area contributed by atoms with Crippen molar-refractivity contribution in [2.45, 2.75) is 32.7 Å². The number of piperazine rings is 1. The number of rotatable bonds is 5. The summed E-state index contributed by atoms with van der Waals surface area (Å²) in [6, 6.07) is 9.12. The van der Waals surface area contributed by atoms with Gasteiger partial charge in [0.15, 0.2) is 0 Å². The van der Waals surface area contributed by atoms with Crippen LogP contribution in [0.4, 0.5) is 5.69 Å². The van der Waals surface area contributed by atoms with Crippen LogP contribution in [0.3, 0.4) is 0 Å². The Labute approximate surface area is 153 Å². The average Bonchev–Trinajstić information content (AvgIpc) is 3.26. The van der Waals surface area contributed by atoms with Crippen molar-refractivity contribution >= 4 is 5.69 Å². The molecule has 0 bridgehead atoms. The van der Waals surface area contributed by atoms with E-state index in [1.54, 1.807) is 0 Å². The third-order valence-electron chi connectivity index (χ3n) is 6.49. The first kappa shape index (κ1) is 17.3. The van der Waals surface area contributed by atoms with Crippen molar-refractivity contribution in [1.29, 1.82) is 0 Å². The van der Waals surface area contributed by atoms with E-state index in [-0.39, 0.29) is 0 Å². The highest BCUT2D eigenvalue weighted by atomic mass is 15.3. The Morgan fingerprint density at radius 1 is 1.00 bits per heavy atom. The van der Waals surface area contributed by atoms with Crippen LogP contribution >= 0.6 is 0 Å². The van der Waals surface area contributed by atoms with E-state index in [0.717, 1.165) is 6.54 Å². The molecular weight excluding hydrogens is 308 g/mol. The van der Waals surface area contributed by atoms with Gasteiger partial charge in [-0.3, -0.25) is 9.80 Å². The van der Waals surface area contributed by atoms with Crippen LogP contribution in [0.5, 0.6) is 0 Å². The summed E-state index contributed by atoms with van der Waals surface area (Å²) < 4.78 is 0. The second kappa shape index (κ2) is 7.65. The molecule has 138 valence electrons. The maximum Gasteiger partial charge on any atom is 0.0412 e. The summed E-state index contributed by atoms with van der Waals surface area (Å²) in [7, 11) is 0. The van der Waals surface area contributed by atoms with Crippen molar-refractivity contribution in [2.24, 2.45) is 5.41 Å². The molecule has 0 saturated carbocycles. The lowest BCUT2D eigenvalue weighted by atomic mass is 9.86. The molecule has 1 aromatic carbocycles. The van der Waals surface area contributed by atoms with E-state index < -0.39 is 0 Å². The number of nitrogens with zero attached hydrogens (tertiary/aromatic N) is 3. The van der Waals surface area contributed by atoms with Gasteiger partial charge in [0, 0.05) is 51.5 Å². The molecule has 1 unspecified atom stereocenters. The minimum Gasteiger partial charge on any atom is -0.369 e. The number of likely N-dealkylation sites (tertiary alicyclic amines) is 1. The van der Waals surface area contributed by atoms with Gasteiger partial charge in [0.1, 0.15) is 0 Å². The highest BCUT2D eigenvalue weighted by molar-refractivity contribution is 5.54. The molecular formula is C21H34N4. The summed E-state index contributed by atoms with van der Waals surface area (Å²) in [6.45, 7) is 14.4. The van der Waals surface area contributed by atoms with Crippen LogP contribution in [0.2, 0.25) is 0 Å². The van der Waals surface area contributed by atoms with E-state index in [4.69, 9.17) is 0 Å². The average molecular weight is 343 g/mol. The van der Waals surface area contributed by atoms with Gasteiger partial charge < -0.3 is 10.2 Å². The SMILES string of the molecule is CCCN1CCN(c2ccccc2CN2CCC3(CCNC3)C2)CC1. The number of hydrogen-bond acceptors (Lipinski definition) is 4. The lowest BCUT2D eigenvalue weighted by molar-refractivity contribution is 0.256. The van der Waals surface area contributed by atoms with Gasteiger partial charge >= 0.3 is 0 Å². The minimum absolute atomic E-state index is 0.570. The van der Waals surface area contributed by atoms with Gasteiger partial charge in [-0.2, -0.15) is 0 Å². The maximum absolute atomic E-state index is 3.58. The van der Waals surface area contributed by atoms with E-state index in [2.05, 4.69) is 51.2 Å². The molecule has 25 heavy (non-hydrogen) atoms. The third-order valence-corrected chi connectivity index (χ3v) is 6.49. The Kier molecular flexibility index (Phi) is 5.30. The highest BCUT2D eigenvalue weighted by Crippen LogP contribution is 2.37. The van der Waals surface area contributed by atoms with E-state index in [0.29, 0.717) is 5.41 Å². The van der Waals surface area contributed by atoms with E-state index in [1.807, 2.05) is 0 Å². The Bertz CT molecular complexity index is 559. The summed E-state index contributed by atoms with van der Waals surface area (Å²) in [5.41, 5.74) is 3.57. The van der Waals surface area contributed by atoms with Crippen molar-refractivity contribution in [1.82, 2.24) is 15.1 Å². The number of benzene rings is 1. The number of para-hydroxylation sites is 1. The molecule has 0 aromatic heterocycles. The van der Waals surface area contributed by atoms with Crippen molar-refractivity contribution in [3.8, 4) is 0 Å². The Balaban J connectivity index is 1.40. The summed E-state index contributed by atoms with van der Waals surface area (Å²) in [4.78, 5) is 7.92. The van der Waals surface area contributed by atoms with E-state index >= 15 is 0 Å². The lowest BCUT2D eigenvalue weighted by Gasteiger charge is -2.37. The molecule has 4 nitrogen and oxygen atoms in total. The number of nitrogens with one attached hydrogen (secondary N) is 1. The summed E-state index contributed by atoms with van der Waals surface area (Å²) >= 11 is 0. The molecule has 1 N–H and O–H groups in total. The second-order valence-corrected chi connectivity index (χ2v) is 8.34. The Morgan fingerprint density at radius 3 is 2.60 bits per heavy atom. The van der Waals surface area contributed by atoms with Crippen LogP contribution in [0.25, 0.3) is 0 Å². The van der Waals surface area contributed by atoms with Gasteiger partial charge in [0.25, 0.3) is 0 Å². The topological polar surface area (TPSA) is 21.8 Å². The first-order valence-electron chi connectivity index (χ1n) is 10.3. The van der Waals surface area contributed by atoms with Gasteiger partial charge in [0.05, 0.1) is 0 Å². The zero-order chi connectivity index (χ0) is 17.1. The normalized spacial score (nSPS) is 28.3. The lowest BCUT2D eigenvalue weighted by Crippen LogP contribution is -2.47. The van der Waals surface area contributed by atoms with Crippen molar-refractivity contribution in [3.05, 3.63) is 29.8 Å². The summed E-state index contributed by atoms with van der Waals surface area (Å²) in [5, 5.41) is 3.58. The molecule has 0 radical (unpaired) electrons. The largest absolute Gasteiger partial charge is 0.369 e. The van der Waals surface area contributed by atoms with Crippen molar-refractivity contribution in [3.63, 3.8) is 0 Å². The van der Waals surface area contributed by atoms with E-state index in [9.17, 15) is 0 Å². The molecule has 3 heterocycles. The van der Waals surface area contributed by atoms with Crippen LogP contribution in [0, 0.1) is 5.41 Å².